The first-order valence-electron chi connectivity index (χ1n) is 8.34. The Labute approximate surface area is 126 Å². The fraction of sp³-hybridized carbons (Fsp3) is 0.875. The van der Waals surface area contributed by atoms with Crippen molar-refractivity contribution in [2.45, 2.75) is 70.4 Å². The first-order chi connectivity index (χ1) is 10.1. The predicted octanol–water partition coefficient (Wildman–Crippen LogP) is 1.91. The highest BCUT2D eigenvalue weighted by Crippen LogP contribution is 2.29. The Bertz CT molecular complexity index is 367. The smallest absolute Gasteiger partial charge is 0.306 e. The van der Waals surface area contributed by atoms with Crippen molar-refractivity contribution >= 4 is 11.9 Å². The molecule has 120 valence electrons. The number of carboxylic acids is 1. The molecule has 0 bridgehead atoms. The van der Waals surface area contributed by atoms with Crippen LogP contribution in [0.1, 0.15) is 58.3 Å². The number of hydrogen-bond acceptors (Lipinski definition) is 3. The van der Waals surface area contributed by atoms with Crippen LogP contribution in [0, 0.1) is 11.8 Å². The van der Waals surface area contributed by atoms with E-state index >= 15 is 0 Å². The molecule has 3 unspecified atom stereocenters. The zero-order valence-corrected chi connectivity index (χ0v) is 12.9. The lowest BCUT2D eigenvalue weighted by atomic mass is 9.79. The largest absolute Gasteiger partial charge is 0.481 e. The molecule has 0 aromatic carbocycles. The molecule has 2 aliphatic rings. The van der Waals surface area contributed by atoms with Gasteiger partial charge in [0.25, 0.3) is 0 Å². The van der Waals surface area contributed by atoms with E-state index < -0.39 is 5.97 Å². The summed E-state index contributed by atoms with van der Waals surface area (Å²) in [5.74, 6) is -0.747. The average molecular weight is 296 g/mol. The Kier molecular flexibility index (Phi) is 6.03. The number of rotatable bonds is 6. The molecule has 0 heterocycles. The summed E-state index contributed by atoms with van der Waals surface area (Å²) in [6.07, 6.45) is 8.39. The minimum Gasteiger partial charge on any atom is -0.481 e. The third-order valence-electron chi connectivity index (χ3n) is 5.01. The summed E-state index contributed by atoms with van der Waals surface area (Å²) >= 11 is 0. The monoisotopic (exact) mass is 296 g/mol. The van der Waals surface area contributed by atoms with Gasteiger partial charge in [0.1, 0.15) is 0 Å². The van der Waals surface area contributed by atoms with Gasteiger partial charge in [-0.15, -0.1) is 0 Å². The topological polar surface area (TPSA) is 78.4 Å². The Morgan fingerprint density at radius 2 is 1.71 bits per heavy atom. The van der Waals surface area contributed by atoms with Crippen molar-refractivity contribution in [2.24, 2.45) is 11.8 Å². The lowest BCUT2D eigenvalue weighted by Crippen LogP contribution is -2.47. The molecular formula is C16H28N2O3. The zero-order chi connectivity index (χ0) is 15.2. The maximum atomic E-state index is 12.1. The van der Waals surface area contributed by atoms with Crippen molar-refractivity contribution in [2.75, 3.05) is 6.54 Å². The maximum Gasteiger partial charge on any atom is 0.306 e. The van der Waals surface area contributed by atoms with Gasteiger partial charge in [0, 0.05) is 6.04 Å². The lowest BCUT2D eigenvalue weighted by molar-refractivity contribution is -0.144. The summed E-state index contributed by atoms with van der Waals surface area (Å²) in [7, 11) is 0. The van der Waals surface area contributed by atoms with Crippen molar-refractivity contribution in [3.63, 3.8) is 0 Å². The van der Waals surface area contributed by atoms with Gasteiger partial charge < -0.3 is 15.7 Å². The number of carbonyl (C=O) groups excluding carboxylic acids is 1. The van der Waals surface area contributed by atoms with Crippen LogP contribution in [0.15, 0.2) is 0 Å². The normalized spacial score (nSPS) is 28.2. The van der Waals surface area contributed by atoms with Crippen LogP contribution in [0.5, 0.6) is 0 Å². The highest BCUT2D eigenvalue weighted by atomic mass is 16.4. The molecule has 2 fully saturated rings. The fourth-order valence-corrected chi connectivity index (χ4v) is 3.59. The third-order valence-corrected chi connectivity index (χ3v) is 5.01. The molecule has 2 aliphatic carbocycles. The van der Waals surface area contributed by atoms with Gasteiger partial charge in [-0.1, -0.05) is 25.7 Å². The minimum absolute atomic E-state index is 0.0459. The van der Waals surface area contributed by atoms with E-state index in [1.165, 1.54) is 12.8 Å². The van der Waals surface area contributed by atoms with Crippen molar-refractivity contribution in [1.29, 1.82) is 0 Å². The Hall–Kier alpha value is -1.10. The number of nitrogens with one attached hydrogen (secondary N) is 2. The first-order valence-corrected chi connectivity index (χ1v) is 8.34. The molecule has 21 heavy (non-hydrogen) atoms. The molecule has 2 saturated carbocycles. The van der Waals surface area contributed by atoms with E-state index in [4.69, 9.17) is 0 Å². The molecule has 0 saturated heterocycles. The van der Waals surface area contributed by atoms with E-state index in [2.05, 4.69) is 10.6 Å². The maximum absolute atomic E-state index is 12.1. The van der Waals surface area contributed by atoms with Gasteiger partial charge in [-0.2, -0.15) is 0 Å². The van der Waals surface area contributed by atoms with Crippen molar-refractivity contribution in [3.05, 3.63) is 0 Å². The van der Waals surface area contributed by atoms with E-state index in [9.17, 15) is 14.7 Å². The van der Waals surface area contributed by atoms with Crippen LogP contribution in [0.3, 0.4) is 0 Å². The van der Waals surface area contributed by atoms with Gasteiger partial charge >= 0.3 is 5.97 Å². The number of amides is 1. The van der Waals surface area contributed by atoms with Crippen LogP contribution >= 0.6 is 0 Å². The van der Waals surface area contributed by atoms with E-state index in [1.54, 1.807) is 0 Å². The summed E-state index contributed by atoms with van der Waals surface area (Å²) in [6, 6.07) is 0.0881. The SMILES string of the molecule is CC(NCC1CCCCC1C(=O)O)C(=O)NC1CCCC1. The van der Waals surface area contributed by atoms with Gasteiger partial charge in [0.2, 0.25) is 5.91 Å². The third kappa shape index (κ3) is 4.70. The van der Waals surface area contributed by atoms with Gasteiger partial charge in [-0.05, 0) is 45.1 Å². The summed E-state index contributed by atoms with van der Waals surface area (Å²) in [6.45, 7) is 2.49. The minimum atomic E-state index is -0.690. The second-order valence-corrected chi connectivity index (χ2v) is 6.61. The van der Waals surface area contributed by atoms with E-state index in [1.807, 2.05) is 6.92 Å². The summed E-state index contributed by atoms with van der Waals surface area (Å²) in [5.41, 5.74) is 0. The second kappa shape index (κ2) is 7.78. The van der Waals surface area contributed by atoms with Crippen LogP contribution in [0.4, 0.5) is 0 Å². The Morgan fingerprint density at radius 3 is 2.38 bits per heavy atom. The Balaban J connectivity index is 1.75. The highest BCUT2D eigenvalue weighted by molar-refractivity contribution is 5.81. The van der Waals surface area contributed by atoms with Crippen LogP contribution < -0.4 is 10.6 Å². The highest BCUT2D eigenvalue weighted by Gasteiger charge is 2.31. The lowest BCUT2D eigenvalue weighted by Gasteiger charge is -2.29. The van der Waals surface area contributed by atoms with Crippen LogP contribution in [0.25, 0.3) is 0 Å². The molecule has 0 radical (unpaired) electrons. The van der Waals surface area contributed by atoms with Crippen molar-refractivity contribution in [3.8, 4) is 0 Å². The predicted molar refractivity (Wildman–Crippen MR) is 80.9 cm³/mol. The number of hydrogen-bond donors (Lipinski definition) is 3. The second-order valence-electron chi connectivity index (χ2n) is 6.61. The number of carboxylic acid groups (broad SMARTS) is 1. The van der Waals surface area contributed by atoms with Crippen LogP contribution in [0.2, 0.25) is 0 Å². The van der Waals surface area contributed by atoms with Gasteiger partial charge in [0.05, 0.1) is 12.0 Å². The number of aliphatic carboxylic acids is 1. The zero-order valence-electron chi connectivity index (χ0n) is 12.9. The van der Waals surface area contributed by atoms with Crippen LogP contribution in [-0.2, 0) is 9.59 Å². The molecule has 0 aromatic heterocycles. The molecule has 5 nitrogen and oxygen atoms in total. The quantitative estimate of drug-likeness (QED) is 0.699. The number of carbonyl (C=O) groups is 2. The molecule has 3 atom stereocenters. The summed E-state index contributed by atoms with van der Waals surface area (Å²) in [4.78, 5) is 23.4. The Morgan fingerprint density at radius 1 is 1.10 bits per heavy atom. The summed E-state index contributed by atoms with van der Waals surface area (Å²) < 4.78 is 0. The molecule has 2 rings (SSSR count). The van der Waals surface area contributed by atoms with E-state index in [0.717, 1.165) is 38.5 Å². The first kappa shape index (κ1) is 16.3. The van der Waals surface area contributed by atoms with Crippen molar-refractivity contribution < 1.29 is 14.7 Å². The van der Waals surface area contributed by atoms with Crippen molar-refractivity contribution in [1.82, 2.24) is 10.6 Å². The van der Waals surface area contributed by atoms with Gasteiger partial charge in [0.15, 0.2) is 0 Å². The van der Waals surface area contributed by atoms with E-state index in [-0.39, 0.29) is 23.8 Å². The molecule has 1 amide bonds. The van der Waals surface area contributed by atoms with Gasteiger partial charge in [-0.25, -0.2) is 0 Å². The summed E-state index contributed by atoms with van der Waals surface area (Å²) in [5, 5.41) is 15.6. The average Bonchev–Trinajstić information content (AvgIpc) is 2.97. The van der Waals surface area contributed by atoms with E-state index in [0.29, 0.717) is 12.6 Å². The molecule has 0 aromatic rings. The molecule has 0 aliphatic heterocycles. The fourth-order valence-electron chi connectivity index (χ4n) is 3.59. The van der Waals surface area contributed by atoms with Crippen LogP contribution in [-0.4, -0.2) is 35.6 Å². The molecular weight excluding hydrogens is 268 g/mol. The molecule has 5 heteroatoms. The standard InChI is InChI=1S/C16H28N2O3/c1-11(15(19)18-13-7-3-4-8-13)17-10-12-6-2-5-9-14(12)16(20)21/h11-14,17H,2-10H2,1H3,(H,18,19)(H,20,21). The molecule has 0 spiro atoms. The van der Waals surface area contributed by atoms with Gasteiger partial charge in [-0.3, -0.25) is 9.59 Å². The molecule has 3 N–H and O–H groups in total.